The molecule has 394 valence electrons. The fourth-order valence-corrected chi connectivity index (χ4v) is 9.73. The lowest BCUT2D eigenvalue weighted by Crippen LogP contribution is -2.56. The van der Waals surface area contributed by atoms with Gasteiger partial charge in [0.1, 0.15) is 17.0 Å². The summed E-state index contributed by atoms with van der Waals surface area (Å²) in [5.41, 5.74) is 13.2. The first-order chi connectivity index (χ1) is 37.0. The van der Waals surface area contributed by atoms with Crippen LogP contribution < -0.4 is 20.3 Å². The molecule has 0 fully saturated rings. The van der Waals surface area contributed by atoms with Crippen LogP contribution in [0, 0.1) is 0 Å². The predicted molar refractivity (Wildman–Crippen MR) is 302 cm³/mol. The number of aromatic nitrogens is 4. The van der Waals surface area contributed by atoms with Crippen LogP contribution >= 0.6 is 0 Å². The Balaban J connectivity index is 0.000000231. The van der Waals surface area contributed by atoms with Gasteiger partial charge in [-0.1, -0.05) is 117 Å². The van der Waals surface area contributed by atoms with E-state index in [-0.39, 0.29) is 23.6 Å². The first-order valence-corrected chi connectivity index (χ1v) is 25.7. The van der Waals surface area contributed by atoms with E-state index in [1.54, 1.807) is 69.1 Å². The SMILES string of the molecule is CCc1c(OC)cccc1C(=O)NN(C(=O)c1ccc2nc[nH]c2c1)C(C)(C)C.CCc1c(OC)cccc1C(=O)NN(C(=O)c1ccc2ncn(C(c3ccccc3)(c3ccccc3)c3ccccc3)c2c1)C(C)(C)C. The Hall–Kier alpha value is -9.04. The number of hydrazine groups is 2. The molecule has 7 aromatic carbocycles. The van der Waals surface area contributed by atoms with Crippen LogP contribution in [0.3, 0.4) is 0 Å². The number of ether oxygens (including phenoxy) is 2. The minimum Gasteiger partial charge on any atom is -0.496 e. The maximum absolute atomic E-state index is 14.4. The maximum Gasteiger partial charge on any atom is 0.272 e. The zero-order chi connectivity index (χ0) is 55.1. The van der Waals surface area contributed by atoms with Gasteiger partial charge in [-0.15, -0.1) is 0 Å². The molecule has 0 bridgehead atoms. The number of benzene rings is 7. The van der Waals surface area contributed by atoms with Gasteiger partial charge >= 0.3 is 0 Å². The van der Waals surface area contributed by atoms with Gasteiger partial charge in [-0.25, -0.2) is 20.0 Å². The minimum absolute atomic E-state index is 0.303. The first kappa shape index (κ1) is 54.2. The Morgan fingerprint density at radius 1 is 0.532 bits per heavy atom. The van der Waals surface area contributed by atoms with Crippen molar-refractivity contribution in [1.29, 1.82) is 0 Å². The summed E-state index contributed by atoms with van der Waals surface area (Å²) in [6.45, 7) is 15.2. The number of rotatable bonds is 12. The van der Waals surface area contributed by atoms with Gasteiger partial charge in [-0.3, -0.25) is 30.0 Å². The van der Waals surface area contributed by atoms with E-state index >= 15 is 0 Å². The van der Waals surface area contributed by atoms with Crippen LogP contribution in [-0.2, 0) is 18.4 Å². The molecule has 0 aliphatic carbocycles. The summed E-state index contributed by atoms with van der Waals surface area (Å²) in [6, 6.07) is 52.5. The van der Waals surface area contributed by atoms with Gasteiger partial charge in [-0.05, 0) is 132 Å². The van der Waals surface area contributed by atoms with Crippen molar-refractivity contribution in [2.75, 3.05) is 14.2 Å². The average molecular weight is 1030 g/mol. The normalized spacial score (nSPS) is 11.6. The number of hydrogen-bond acceptors (Lipinski definition) is 8. The van der Waals surface area contributed by atoms with Crippen molar-refractivity contribution in [2.24, 2.45) is 0 Å². The number of aromatic amines is 1. The number of nitrogens with zero attached hydrogens (tertiary/aromatic N) is 5. The minimum atomic E-state index is -0.805. The highest BCUT2D eigenvalue weighted by molar-refractivity contribution is 6.03. The van der Waals surface area contributed by atoms with Crippen molar-refractivity contribution in [2.45, 2.75) is 84.8 Å². The van der Waals surface area contributed by atoms with Crippen LogP contribution in [0.2, 0.25) is 0 Å². The molecule has 0 spiro atoms. The fourth-order valence-electron chi connectivity index (χ4n) is 9.73. The standard InChI is InChI=1S/C41H40N4O3.C22H26N4O3/c1-6-33-34(23-16-24-37(33)48-5)38(46)43-45(40(2,3)4)39(47)29-25-26-35-36(27-29)44(28-42-35)41(30-17-10-7-11-18-30,31-19-12-8-13-20-31)32-21-14-9-15-22-32;1-6-15-16(8-7-9-19(15)29-5)20(27)25-26(22(2,3)4)21(28)14-10-11-17-18(12-14)24-13-23-17/h7-28H,6H2,1-5H3,(H,43,46);7-13H,6H2,1-5H3,(H,23,24)(H,25,27). The van der Waals surface area contributed by atoms with Crippen LogP contribution in [0.5, 0.6) is 11.5 Å². The molecule has 0 aliphatic rings. The molecule has 4 amide bonds. The molecule has 2 aromatic heterocycles. The molecule has 0 unspecified atom stereocenters. The molecule has 0 aliphatic heterocycles. The predicted octanol–water partition coefficient (Wildman–Crippen LogP) is 11.8. The summed E-state index contributed by atoms with van der Waals surface area (Å²) in [5.74, 6) is -0.0859. The van der Waals surface area contributed by atoms with Gasteiger partial charge in [0.25, 0.3) is 23.6 Å². The number of carbonyl (C=O) groups is 4. The van der Waals surface area contributed by atoms with Gasteiger partial charge in [0, 0.05) is 33.4 Å². The molecule has 0 radical (unpaired) electrons. The number of hydrogen-bond donors (Lipinski definition) is 3. The van der Waals surface area contributed by atoms with E-state index in [1.807, 2.05) is 141 Å². The zero-order valence-electron chi connectivity index (χ0n) is 45.3. The van der Waals surface area contributed by atoms with E-state index in [2.05, 4.69) is 61.8 Å². The van der Waals surface area contributed by atoms with Crippen molar-refractivity contribution < 1.29 is 28.7 Å². The zero-order valence-corrected chi connectivity index (χ0v) is 45.3. The third-order valence-corrected chi connectivity index (χ3v) is 13.5. The summed E-state index contributed by atoms with van der Waals surface area (Å²) < 4.78 is 13.0. The van der Waals surface area contributed by atoms with Crippen LogP contribution in [0.1, 0.15) is 125 Å². The molecule has 9 rings (SSSR count). The highest BCUT2D eigenvalue weighted by Gasteiger charge is 2.40. The van der Waals surface area contributed by atoms with Crippen molar-refractivity contribution in [1.82, 2.24) is 40.4 Å². The smallest absolute Gasteiger partial charge is 0.272 e. The Morgan fingerprint density at radius 3 is 1.38 bits per heavy atom. The monoisotopic (exact) mass is 1030 g/mol. The summed E-state index contributed by atoms with van der Waals surface area (Å²) in [5, 5.41) is 2.78. The van der Waals surface area contributed by atoms with Gasteiger partial charge in [0.2, 0.25) is 0 Å². The number of imidazole rings is 2. The Labute approximate surface area is 450 Å². The summed E-state index contributed by atoms with van der Waals surface area (Å²) >= 11 is 0. The molecule has 0 saturated carbocycles. The number of nitrogens with one attached hydrogen (secondary N) is 3. The molecular weight excluding hydrogens is 965 g/mol. The van der Waals surface area contributed by atoms with E-state index in [4.69, 9.17) is 14.5 Å². The average Bonchev–Trinajstić information content (AvgIpc) is 4.15. The Morgan fingerprint density at radius 2 is 0.961 bits per heavy atom. The topological polar surface area (TPSA) is 164 Å². The van der Waals surface area contributed by atoms with Gasteiger partial charge in [0.15, 0.2) is 0 Å². The molecule has 14 nitrogen and oxygen atoms in total. The second-order valence-corrected chi connectivity index (χ2v) is 20.4. The van der Waals surface area contributed by atoms with Gasteiger partial charge in [0.05, 0.1) is 60.0 Å². The molecule has 2 heterocycles. The molecule has 0 saturated heterocycles. The summed E-state index contributed by atoms with van der Waals surface area (Å²) in [4.78, 5) is 66.5. The Kier molecular flexibility index (Phi) is 16.1. The van der Waals surface area contributed by atoms with Crippen LogP contribution in [0.25, 0.3) is 22.1 Å². The third kappa shape index (κ3) is 11.0. The van der Waals surface area contributed by atoms with E-state index < -0.39 is 16.6 Å². The number of amides is 4. The second kappa shape index (κ2) is 22.8. The largest absolute Gasteiger partial charge is 0.496 e. The van der Waals surface area contributed by atoms with Crippen molar-refractivity contribution in [3.63, 3.8) is 0 Å². The van der Waals surface area contributed by atoms with E-state index in [1.165, 1.54) is 10.0 Å². The molecule has 3 N–H and O–H groups in total. The quantitative estimate of drug-likeness (QED) is 0.0804. The first-order valence-electron chi connectivity index (χ1n) is 25.7. The van der Waals surface area contributed by atoms with Crippen LogP contribution in [0.15, 0.2) is 176 Å². The lowest BCUT2D eigenvalue weighted by atomic mass is 9.76. The second-order valence-electron chi connectivity index (χ2n) is 20.4. The van der Waals surface area contributed by atoms with E-state index in [0.29, 0.717) is 46.6 Å². The molecule has 0 atom stereocenters. The highest BCUT2D eigenvalue weighted by atomic mass is 16.5. The number of H-pyrrole nitrogens is 1. The van der Waals surface area contributed by atoms with Crippen molar-refractivity contribution in [3.05, 3.63) is 227 Å². The molecule has 9 aromatic rings. The molecule has 77 heavy (non-hydrogen) atoms. The molecular formula is C63H66N8O6. The Bertz CT molecular complexity index is 3450. The number of methoxy groups -OCH3 is 2. The van der Waals surface area contributed by atoms with E-state index in [9.17, 15) is 19.2 Å². The maximum atomic E-state index is 14.4. The third-order valence-electron chi connectivity index (χ3n) is 13.5. The van der Waals surface area contributed by atoms with Crippen LogP contribution in [0.4, 0.5) is 0 Å². The van der Waals surface area contributed by atoms with Gasteiger partial charge < -0.3 is 19.0 Å². The van der Waals surface area contributed by atoms with E-state index in [0.717, 1.165) is 49.9 Å². The lowest BCUT2D eigenvalue weighted by molar-refractivity contribution is 0.0356. The molecule has 14 heteroatoms. The van der Waals surface area contributed by atoms with Crippen molar-refractivity contribution >= 4 is 45.7 Å². The lowest BCUT2D eigenvalue weighted by Gasteiger charge is -2.38. The fraction of sp³-hybridized carbons (Fsp3) is 0.238. The van der Waals surface area contributed by atoms with Crippen LogP contribution in [-0.4, -0.2) is 78.5 Å². The highest BCUT2D eigenvalue weighted by Crippen LogP contribution is 2.43. The number of carbonyl (C=O) groups excluding carboxylic acids is 4. The summed E-state index contributed by atoms with van der Waals surface area (Å²) in [6.07, 6.45) is 4.66. The number of fused-ring (bicyclic) bond motifs is 2. The van der Waals surface area contributed by atoms with Crippen molar-refractivity contribution in [3.8, 4) is 11.5 Å². The van der Waals surface area contributed by atoms with Gasteiger partial charge in [-0.2, -0.15) is 0 Å². The summed E-state index contributed by atoms with van der Waals surface area (Å²) in [7, 11) is 3.16.